The van der Waals surface area contributed by atoms with Crippen LogP contribution in [0.4, 0.5) is 0 Å². The van der Waals surface area contributed by atoms with E-state index < -0.39 is 0 Å². The van der Waals surface area contributed by atoms with Crippen LogP contribution in [0.2, 0.25) is 4.34 Å². The van der Waals surface area contributed by atoms with E-state index in [2.05, 4.69) is 31.2 Å². The summed E-state index contributed by atoms with van der Waals surface area (Å²) < 4.78 is 1.76. The molecule has 2 heterocycles. The zero-order valence-corrected chi connectivity index (χ0v) is 10.9. The van der Waals surface area contributed by atoms with E-state index in [9.17, 15) is 0 Å². The molecule has 80 valence electrons. The number of halogens is 2. The maximum atomic E-state index is 5.94. The molecule has 0 bridgehead atoms. The van der Waals surface area contributed by atoms with Gasteiger partial charge in [0.15, 0.2) is 0 Å². The van der Waals surface area contributed by atoms with Crippen LogP contribution in [0, 0.1) is 0 Å². The molecule has 15 heavy (non-hydrogen) atoms. The first kappa shape index (κ1) is 11.1. The van der Waals surface area contributed by atoms with Crippen molar-refractivity contribution in [2.75, 3.05) is 0 Å². The van der Waals surface area contributed by atoms with Crippen LogP contribution >= 0.6 is 38.9 Å². The van der Waals surface area contributed by atoms with Gasteiger partial charge in [0.05, 0.1) is 6.33 Å². The lowest BCUT2D eigenvalue weighted by Gasteiger charge is -1.99. The minimum atomic E-state index is 0.785. The lowest BCUT2D eigenvalue weighted by Crippen LogP contribution is -2.11. The van der Waals surface area contributed by atoms with Gasteiger partial charge in [-0.3, -0.25) is 0 Å². The number of rotatable bonds is 4. The number of nitrogens with zero attached hydrogens (tertiary/aromatic N) is 1. The van der Waals surface area contributed by atoms with Gasteiger partial charge in [-0.2, -0.15) is 0 Å². The molecule has 3 nitrogen and oxygen atoms in total. The number of nitrogens with one attached hydrogen (secondary N) is 2. The molecule has 0 unspecified atom stereocenters. The molecule has 0 aliphatic carbocycles. The number of hydrogen-bond acceptors (Lipinski definition) is 3. The van der Waals surface area contributed by atoms with Crippen LogP contribution in [0.25, 0.3) is 0 Å². The Balaban J connectivity index is 1.83. The first-order chi connectivity index (χ1) is 7.25. The van der Waals surface area contributed by atoms with Gasteiger partial charge in [-0.1, -0.05) is 11.6 Å². The molecular weight excluding hydrogens is 298 g/mol. The standard InChI is InChI=1S/C9H9BrClN3S/c10-8-1-7(15-9(8)11)4-12-2-6-3-13-5-14-6/h1,3,5,12H,2,4H2,(H,13,14). The summed E-state index contributed by atoms with van der Waals surface area (Å²) in [6.07, 6.45) is 3.49. The van der Waals surface area contributed by atoms with E-state index in [0.717, 1.165) is 27.6 Å². The van der Waals surface area contributed by atoms with Gasteiger partial charge in [-0.05, 0) is 22.0 Å². The van der Waals surface area contributed by atoms with Crippen LogP contribution in [-0.4, -0.2) is 9.97 Å². The monoisotopic (exact) mass is 305 g/mol. The van der Waals surface area contributed by atoms with E-state index in [1.165, 1.54) is 4.88 Å². The fourth-order valence-electron chi connectivity index (χ4n) is 1.18. The molecule has 2 rings (SSSR count). The number of hydrogen-bond donors (Lipinski definition) is 2. The number of imidazole rings is 1. The van der Waals surface area contributed by atoms with Crippen molar-refractivity contribution in [3.63, 3.8) is 0 Å². The van der Waals surface area contributed by atoms with Crippen molar-refractivity contribution >= 4 is 38.9 Å². The van der Waals surface area contributed by atoms with Crippen LogP contribution in [0.15, 0.2) is 23.1 Å². The summed E-state index contributed by atoms with van der Waals surface area (Å²) in [5.74, 6) is 0. The molecule has 0 amide bonds. The van der Waals surface area contributed by atoms with Crippen molar-refractivity contribution in [2.45, 2.75) is 13.1 Å². The quantitative estimate of drug-likeness (QED) is 0.911. The normalized spacial score (nSPS) is 10.8. The Morgan fingerprint density at radius 3 is 3.00 bits per heavy atom. The van der Waals surface area contributed by atoms with Gasteiger partial charge >= 0.3 is 0 Å². The van der Waals surface area contributed by atoms with Crippen molar-refractivity contribution in [3.05, 3.63) is 38.0 Å². The molecule has 0 aliphatic rings. The van der Waals surface area contributed by atoms with Gasteiger partial charge in [-0.15, -0.1) is 11.3 Å². The summed E-state index contributed by atoms with van der Waals surface area (Å²) in [7, 11) is 0. The Bertz CT molecular complexity index is 407. The highest BCUT2D eigenvalue weighted by molar-refractivity contribution is 9.10. The highest BCUT2D eigenvalue weighted by Gasteiger charge is 2.03. The lowest BCUT2D eigenvalue weighted by molar-refractivity contribution is 0.689. The molecule has 0 aliphatic heterocycles. The lowest BCUT2D eigenvalue weighted by atomic mass is 10.4. The molecular formula is C9H9BrClN3S. The number of thiophene rings is 1. The summed E-state index contributed by atoms with van der Waals surface area (Å²) in [5, 5.41) is 3.30. The van der Waals surface area contributed by atoms with Crippen molar-refractivity contribution in [1.29, 1.82) is 0 Å². The fourth-order valence-corrected chi connectivity index (χ4v) is 2.94. The van der Waals surface area contributed by atoms with Crippen LogP contribution in [0.5, 0.6) is 0 Å². The minimum absolute atomic E-state index is 0.785. The first-order valence-electron chi connectivity index (χ1n) is 4.37. The van der Waals surface area contributed by atoms with E-state index >= 15 is 0 Å². The highest BCUT2D eigenvalue weighted by Crippen LogP contribution is 2.31. The van der Waals surface area contributed by atoms with Gasteiger partial charge in [-0.25, -0.2) is 4.98 Å². The van der Waals surface area contributed by atoms with Crippen molar-refractivity contribution < 1.29 is 0 Å². The topological polar surface area (TPSA) is 40.7 Å². The maximum absolute atomic E-state index is 5.94. The summed E-state index contributed by atoms with van der Waals surface area (Å²) in [5.41, 5.74) is 1.08. The summed E-state index contributed by atoms with van der Waals surface area (Å²) in [4.78, 5) is 8.19. The summed E-state index contributed by atoms with van der Waals surface area (Å²) in [6.45, 7) is 1.60. The third-order valence-corrected chi connectivity index (χ3v) is 4.34. The SMILES string of the molecule is Clc1sc(CNCc2cnc[nH]2)cc1Br. The second-order valence-corrected chi connectivity index (χ2v) is 5.61. The Morgan fingerprint density at radius 1 is 1.53 bits per heavy atom. The summed E-state index contributed by atoms with van der Waals surface area (Å²) in [6, 6.07) is 2.03. The largest absolute Gasteiger partial charge is 0.347 e. The average Bonchev–Trinajstić information content (AvgIpc) is 2.79. The Kier molecular flexibility index (Phi) is 3.80. The van der Waals surface area contributed by atoms with E-state index in [0.29, 0.717) is 0 Å². The van der Waals surface area contributed by atoms with Crippen molar-refractivity contribution in [1.82, 2.24) is 15.3 Å². The molecule has 2 aromatic rings. The van der Waals surface area contributed by atoms with Crippen LogP contribution in [0.3, 0.4) is 0 Å². The van der Waals surface area contributed by atoms with Gasteiger partial charge < -0.3 is 10.3 Å². The number of aromatic amines is 1. The maximum Gasteiger partial charge on any atom is 0.107 e. The van der Waals surface area contributed by atoms with Crippen LogP contribution < -0.4 is 5.32 Å². The van der Waals surface area contributed by atoms with Gasteiger partial charge in [0.1, 0.15) is 4.34 Å². The van der Waals surface area contributed by atoms with Gasteiger partial charge in [0.25, 0.3) is 0 Å². The molecule has 6 heteroatoms. The molecule has 2 N–H and O–H groups in total. The fraction of sp³-hybridized carbons (Fsp3) is 0.222. The molecule has 0 atom stereocenters. The van der Waals surface area contributed by atoms with Crippen molar-refractivity contribution in [3.8, 4) is 0 Å². The Labute approximate surface area is 105 Å². The van der Waals surface area contributed by atoms with Gasteiger partial charge in [0.2, 0.25) is 0 Å². The number of aromatic nitrogens is 2. The minimum Gasteiger partial charge on any atom is -0.347 e. The second kappa shape index (κ2) is 5.12. The molecule has 0 aromatic carbocycles. The first-order valence-corrected chi connectivity index (χ1v) is 6.36. The smallest absolute Gasteiger partial charge is 0.107 e. The Morgan fingerprint density at radius 2 is 2.40 bits per heavy atom. The third kappa shape index (κ3) is 3.04. The van der Waals surface area contributed by atoms with E-state index in [4.69, 9.17) is 11.6 Å². The van der Waals surface area contributed by atoms with Crippen molar-refractivity contribution in [2.24, 2.45) is 0 Å². The molecule has 0 fully saturated rings. The van der Waals surface area contributed by atoms with E-state index in [-0.39, 0.29) is 0 Å². The van der Waals surface area contributed by atoms with Gasteiger partial charge in [0, 0.05) is 34.3 Å². The molecule has 0 saturated heterocycles. The molecule has 2 aromatic heterocycles. The zero-order valence-electron chi connectivity index (χ0n) is 7.76. The Hall–Kier alpha value is -0.360. The van der Waals surface area contributed by atoms with Crippen LogP contribution in [0.1, 0.15) is 10.6 Å². The summed E-state index contributed by atoms with van der Waals surface area (Å²) >= 11 is 10.9. The third-order valence-electron chi connectivity index (χ3n) is 1.87. The second-order valence-electron chi connectivity index (χ2n) is 3.01. The van der Waals surface area contributed by atoms with E-state index in [1.807, 2.05) is 12.3 Å². The number of H-pyrrole nitrogens is 1. The zero-order chi connectivity index (χ0) is 10.7. The molecule has 0 spiro atoms. The average molecular weight is 307 g/mol. The predicted octanol–water partition coefficient (Wildman–Crippen LogP) is 3.18. The molecule has 0 saturated carbocycles. The van der Waals surface area contributed by atoms with Crippen LogP contribution in [-0.2, 0) is 13.1 Å². The molecule has 0 radical (unpaired) electrons. The highest BCUT2D eigenvalue weighted by atomic mass is 79.9. The van der Waals surface area contributed by atoms with E-state index in [1.54, 1.807) is 17.7 Å². The predicted molar refractivity (Wildman–Crippen MR) is 66.2 cm³/mol.